The number of carbonyl (C=O) groups excluding carboxylic acids is 3. The maximum atomic E-state index is 14.3. The summed E-state index contributed by atoms with van der Waals surface area (Å²) in [4.78, 5) is 45.5. The fourth-order valence-electron chi connectivity index (χ4n) is 6.86. The quantitative estimate of drug-likeness (QED) is 0.158. The van der Waals surface area contributed by atoms with Crippen LogP contribution in [-0.2, 0) is 16.1 Å². The fourth-order valence-corrected chi connectivity index (χ4v) is 7.06. The van der Waals surface area contributed by atoms with Crippen molar-refractivity contribution >= 4 is 35.3 Å². The number of amides is 3. The second-order valence-electron chi connectivity index (χ2n) is 12.9. The largest absolute Gasteiger partial charge is 0.370 e. The van der Waals surface area contributed by atoms with Crippen LogP contribution in [0.4, 0.5) is 0 Å². The number of halogens is 1. The molecule has 45 heavy (non-hydrogen) atoms. The zero-order valence-electron chi connectivity index (χ0n) is 26.6. The first-order valence-electron chi connectivity index (χ1n) is 16.4. The van der Waals surface area contributed by atoms with E-state index in [-0.39, 0.29) is 41.6 Å². The number of nitrogens with zero attached hydrogens (tertiary/aromatic N) is 1. The number of hydrogen-bond acceptors (Lipinski definition) is 4. The van der Waals surface area contributed by atoms with Gasteiger partial charge in [0.1, 0.15) is 11.6 Å². The van der Waals surface area contributed by atoms with Crippen molar-refractivity contribution in [2.45, 2.75) is 115 Å². The van der Waals surface area contributed by atoms with Gasteiger partial charge in [-0.15, -0.1) is 0 Å². The normalized spacial score (nSPS) is 23.8. The molecule has 244 valence electrons. The van der Waals surface area contributed by atoms with Crippen molar-refractivity contribution < 1.29 is 14.4 Å². The SMILES string of the molecule is CCCC[C@H](NC(=O)c1ccc(CN=C(N)N)cc1)C(=O)NC1(C(=O)N[C@@H]2CCCC[C@H]2c2cccc(Cl)c2)CCCC(C)C1. The van der Waals surface area contributed by atoms with Crippen molar-refractivity contribution in [3.8, 4) is 0 Å². The van der Waals surface area contributed by atoms with Crippen molar-refractivity contribution in [3.63, 3.8) is 0 Å². The van der Waals surface area contributed by atoms with Gasteiger partial charge < -0.3 is 27.4 Å². The average molecular weight is 637 g/mol. The summed E-state index contributed by atoms with van der Waals surface area (Å²) in [7, 11) is 0. The summed E-state index contributed by atoms with van der Waals surface area (Å²) < 4.78 is 0. The van der Waals surface area contributed by atoms with Gasteiger partial charge in [0, 0.05) is 22.5 Å². The van der Waals surface area contributed by atoms with Crippen molar-refractivity contribution in [3.05, 3.63) is 70.2 Å². The van der Waals surface area contributed by atoms with Crippen LogP contribution >= 0.6 is 11.6 Å². The second kappa shape index (κ2) is 16.1. The minimum atomic E-state index is -1.03. The number of rotatable bonds is 12. The molecule has 2 aliphatic rings. The van der Waals surface area contributed by atoms with E-state index in [1.165, 1.54) is 0 Å². The molecule has 2 saturated carbocycles. The first kappa shape index (κ1) is 34.3. The standard InChI is InChI=1S/C35H49ClN6O3/c1-3-4-13-30(40-31(43)25-17-15-24(16-18-25)22-39-34(37)38)32(44)42-35(19-8-9-23(2)21-35)33(45)41-29-14-6-5-12-28(29)26-10-7-11-27(36)20-26/h7,10-11,15-18,20,23,28-30H,3-6,8-9,12-14,19,21-22H2,1-2H3,(H,40,43)(H,41,45)(H,42,44)(H4,37,38,39)/t23?,28-,29+,30-,35?/m0/s1. The molecular formula is C35H49ClN6O3. The predicted octanol–water partition coefficient (Wildman–Crippen LogP) is 5.31. The lowest BCUT2D eigenvalue weighted by molar-refractivity contribution is -0.137. The number of carbonyl (C=O) groups is 3. The van der Waals surface area contributed by atoms with Crippen LogP contribution in [0.3, 0.4) is 0 Å². The number of nitrogens with one attached hydrogen (secondary N) is 3. The summed E-state index contributed by atoms with van der Waals surface area (Å²) in [5.74, 6) is -0.348. The highest BCUT2D eigenvalue weighted by atomic mass is 35.5. The van der Waals surface area contributed by atoms with Gasteiger partial charge in [0.2, 0.25) is 11.8 Å². The van der Waals surface area contributed by atoms with E-state index in [0.29, 0.717) is 36.4 Å². The van der Waals surface area contributed by atoms with Gasteiger partial charge in [0.25, 0.3) is 5.91 Å². The Bertz CT molecular complexity index is 1350. The predicted molar refractivity (Wildman–Crippen MR) is 180 cm³/mol. The third-order valence-electron chi connectivity index (χ3n) is 9.28. The van der Waals surface area contributed by atoms with Gasteiger partial charge in [-0.05, 0) is 73.4 Å². The highest BCUT2D eigenvalue weighted by molar-refractivity contribution is 6.30. The minimum Gasteiger partial charge on any atom is -0.370 e. The molecule has 2 aliphatic carbocycles. The Hall–Kier alpha value is -3.59. The Morgan fingerprint density at radius 2 is 1.80 bits per heavy atom. The molecular weight excluding hydrogens is 588 g/mol. The Labute approximate surface area is 272 Å². The summed E-state index contributed by atoms with van der Waals surface area (Å²) in [5, 5.41) is 10.2. The van der Waals surface area contributed by atoms with Crippen molar-refractivity contribution in [1.82, 2.24) is 16.0 Å². The molecule has 4 rings (SSSR count). The molecule has 7 N–H and O–H groups in total. The number of hydrogen-bond donors (Lipinski definition) is 5. The molecule has 0 saturated heterocycles. The van der Waals surface area contributed by atoms with Gasteiger partial charge in [-0.3, -0.25) is 14.4 Å². The van der Waals surface area contributed by atoms with Crippen LogP contribution in [0.15, 0.2) is 53.5 Å². The Morgan fingerprint density at radius 1 is 1.04 bits per heavy atom. The number of benzene rings is 2. The first-order valence-corrected chi connectivity index (χ1v) is 16.8. The maximum Gasteiger partial charge on any atom is 0.251 e. The molecule has 2 fully saturated rings. The summed E-state index contributed by atoms with van der Waals surface area (Å²) in [6, 6.07) is 14.1. The highest BCUT2D eigenvalue weighted by Crippen LogP contribution is 2.37. The third kappa shape index (κ3) is 9.45. The topological polar surface area (TPSA) is 152 Å². The van der Waals surface area contributed by atoms with E-state index in [1.54, 1.807) is 24.3 Å². The number of unbranched alkanes of at least 4 members (excludes halogenated alkanes) is 1. The molecule has 0 heterocycles. The number of guanidine groups is 1. The second-order valence-corrected chi connectivity index (χ2v) is 13.3. The molecule has 0 radical (unpaired) electrons. The average Bonchev–Trinajstić information content (AvgIpc) is 3.02. The molecule has 0 aliphatic heterocycles. The molecule has 10 heteroatoms. The Kier molecular flexibility index (Phi) is 12.3. The van der Waals surface area contributed by atoms with E-state index in [2.05, 4.69) is 33.9 Å². The van der Waals surface area contributed by atoms with Gasteiger partial charge in [-0.2, -0.15) is 0 Å². The lowest BCUT2D eigenvalue weighted by Gasteiger charge is -2.42. The minimum absolute atomic E-state index is 0.0000716. The monoisotopic (exact) mass is 636 g/mol. The van der Waals surface area contributed by atoms with Crippen molar-refractivity contribution in [2.75, 3.05) is 0 Å². The Morgan fingerprint density at radius 3 is 2.49 bits per heavy atom. The summed E-state index contributed by atoms with van der Waals surface area (Å²) >= 11 is 6.33. The van der Waals surface area contributed by atoms with E-state index in [1.807, 2.05) is 25.1 Å². The zero-order chi connectivity index (χ0) is 32.4. The van der Waals surface area contributed by atoms with Crippen LogP contribution in [-0.4, -0.2) is 41.3 Å². The lowest BCUT2D eigenvalue weighted by Crippen LogP contribution is -2.65. The van der Waals surface area contributed by atoms with Gasteiger partial charge in [0.15, 0.2) is 5.96 Å². The molecule has 2 aromatic carbocycles. The van der Waals surface area contributed by atoms with Crippen LogP contribution in [0.5, 0.6) is 0 Å². The van der Waals surface area contributed by atoms with Crippen molar-refractivity contribution in [1.29, 1.82) is 0 Å². The number of aliphatic imine (C=N–C) groups is 1. The highest BCUT2D eigenvalue weighted by Gasteiger charge is 2.45. The summed E-state index contributed by atoms with van der Waals surface area (Å²) in [6.07, 6.45) is 9.07. The molecule has 5 atom stereocenters. The van der Waals surface area contributed by atoms with Gasteiger partial charge in [0.05, 0.1) is 6.54 Å². The smallest absolute Gasteiger partial charge is 0.251 e. The van der Waals surface area contributed by atoms with Gasteiger partial charge in [-0.1, -0.05) is 88.2 Å². The first-order chi connectivity index (χ1) is 21.6. The summed E-state index contributed by atoms with van der Waals surface area (Å²) in [6.45, 7) is 4.50. The molecule has 0 spiro atoms. The van der Waals surface area contributed by atoms with Gasteiger partial charge >= 0.3 is 0 Å². The molecule has 2 unspecified atom stereocenters. The van der Waals surface area contributed by atoms with Crippen LogP contribution in [0, 0.1) is 5.92 Å². The maximum absolute atomic E-state index is 14.3. The van der Waals surface area contributed by atoms with E-state index < -0.39 is 11.6 Å². The fraction of sp³-hybridized carbons (Fsp3) is 0.543. The molecule has 0 aromatic heterocycles. The van der Waals surface area contributed by atoms with Crippen LogP contribution < -0.4 is 27.4 Å². The molecule has 2 aromatic rings. The summed E-state index contributed by atoms with van der Waals surface area (Å²) in [5.41, 5.74) is 12.2. The van der Waals surface area contributed by atoms with E-state index in [4.69, 9.17) is 23.1 Å². The van der Waals surface area contributed by atoms with E-state index in [0.717, 1.165) is 62.5 Å². The van der Waals surface area contributed by atoms with E-state index in [9.17, 15) is 14.4 Å². The van der Waals surface area contributed by atoms with Crippen LogP contribution in [0.1, 0.15) is 112 Å². The van der Waals surface area contributed by atoms with Crippen LogP contribution in [0.25, 0.3) is 0 Å². The molecule has 9 nitrogen and oxygen atoms in total. The molecule has 0 bridgehead atoms. The Balaban J connectivity index is 1.50. The van der Waals surface area contributed by atoms with E-state index >= 15 is 0 Å². The van der Waals surface area contributed by atoms with Crippen LogP contribution in [0.2, 0.25) is 5.02 Å². The van der Waals surface area contributed by atoms with Crippen molar-refractivity contribution in [2.24, 2.45) is 22.4 Å². The lowest BCUT2D eigenvalue weighted by atomic mass is 9.74. The zero-order valence-corrected chi connectivity index (χ0v) is 27.4. The van der Waals surface area contributed by atoms with Gasteiger partial charge in [-0.25, -0.2) is 4.99 Å². The number of nitrogens with two attached hydrogens (primary N) is 2. The molecule has 3 amide bonds. The third-order valence-corrected chi connectivity index (χ3v) is 9.52.